The van der Waals surface area contributed by atoms with Crippen molar-refractivity contribution in [1.29, 1.82) is 0 Å². The third-order valence-electron chi connectivity index (χ3n) is 4.70. The van der Waals surface area contributed by atoms with E-state index in [2.05, 4.69) is 10.2 Å². The lowest BCUT2D eigenvalue weighted by Crippen LogP contribution is -2.40. The van der Waals surface area contributed by atoms with Crippen LogP contribution in [0.3, 0.4) is 0 Å². The van der Waals surface area contributed by atoms with Crippen LogP contribution in [0.2, 0.25) is 0 Å². The number of fused-ring (bicyclic) bond motifs is 1. The minimum Gasteiger partial charge on any atom is -0.336 e. The number of hydrogen-bond donors (Lipinski definition) is 0. The number of nitrogens with zero attached hydrogens (tertiary/aromatic N) is 5. The number of hydrogen-bond acceptors (Lipinski definition) is 4. The van der Waals surface area contributed by atoms with E-state index < -0.39 is 0 Å². The van der Waals surface area contributed by atoms with E-state index in [0.29, 0.717) is 17.4 Å². The first-order chi connectivity index (χ1) is 12.2. The van der Waals surface area contributed by atoms with Crippen LogP contribution in [-0.4, -0.2) is 43.0 Å². The van der Waals surface area contributed by atoms with Crippen LogP contribution in [0.5, 0.6) is 0 Å². The van der Waals surface area contributed by atoms with Gasteiger partial charge in [0.05, 0.1) is 24.3 Å². The fourth-order valence-corrected chi connectivity index (χ4v) is 3.48. The Kier molecular flexibility index (Phi) is 4.05. The summed E-state index contributed by atoms with van der Waals surface area (Å²) < 4.78 is 3.48. The second-order valence-corrected chi connectivity index (χ2v) is 6.29. The van der Waals surface area contributed by atoms with Crippen molar-refractivity contribution in [3.8, 4) is 0 Å². The maximum atomic E-state index is 12.8. The maximum absolute atomic E-state index is 12.8. The summed E-state index contributed by atoms with van der Waals surface area (Å²) in [4.78, 5) is 26.7. The van der Waals surface area contributed by atoms with E-state index in [1.54, 1.807) is 16.9 Å². The molecule has 7 nitrogen and oxygen atoms in total. The molecule has 0 radical (unpaired) electrons. The van der Waals surface area contributed by atoms with Crippen molar-refractivity contribution in [3.05, 3.63) is 59.1 Å². The Bertz CT molecular complexity index is 948. The third-order valence-corrected chi connectivity index (χ3v) is 4.70. The predicted molar refractivity (Wildman–Crippen MR) is 93.0 cm³/mol. The van der Waals surface area contributed by atoms with Gasteiger partial charge in [-0.2, -0.15) is 10.2 Å². The van der Waals surface area contributed by atoms with Crippen LogP contribution in [0, 0.1) is 0 Å². The number of rotatable bonds is 4. The molecule has 2 aromatic heterocycles. The molecule has 3 heterocycles. The molecule has 4 rings (SSSR count). The average molecular weight is 337 g/mol. The molecule has 1 atom stereocenters. The molecule has 7 heteroatoms. The largest absolute Gasteiger partial charge is 0.336 e. The molecule has 0 saturated carbocycles. The Morgan fingerprint density at radius 3 is 2.92 bits per heavy atom. The number of benzene rings is 1. The van der Waals surface area contributed by atoms with Gasteiger partial charge in [0.1, 0.15) is 6.54 Å². The van der Waals surface area contributed by atoms with Crippen molar-refractivity contribution in [2.75, 3.05) is 6.54 Å². The topological polar surface area (TPSA) is 73.0 Å². The molecule has 0 bridgehead atoms. The van der Waals surface area contributed by atoms with E-state index in [-0.39, 0.29) is 23.9 Å². The van der Waals surface area contributed by atoms with Crippen molar-refractivity contribution >= 4 is 16.8 Å². The van der Waals surface area contributed by atoms with Crippen LogP contribution in [0.1, 0.15) is 12.8 Å². The summed E-state index contributed by atoms with van der Waals surface area (Å²) >= 11 is 0. The molecular weight excluding hydrogens is 318 g/mol. The lowest BCUT2D eigenvalue weighted by atomic mass is 10.2. The molecule has 0 aliphatic carbocycles. The molecular formula is C18H19N5O2. The van der Waals surface area contributed by atoms with Crippen LogP contribution >= 0.6 is 0 Å². The highest BCUT2D eigenvalue weighted by atomic mass is 16.2. The van der Waals surface area contributed by atoms with Crippen molar-refractivity contribution < 1.29 is 4.79 Å². The first-order valence-corrected chi connectivity index (χ1v) is 8.44. The monoisotopic (exact) mass is 337 g/mol. The Hall–Kier alpha value is -2.96. The van der Waals surface area contributed by atoms with Crippen LogP contribution in [0.15, 0.2) is 53.7 Å². The van der Waals surface area contributed by atoms with E-state index in [9.17, 15) is 9.59 Å². The summed E-state index contributed by atoms with van der Waals surface area (Å²) in [5, 5.41) is 8.98. The SMILES string of the molecule is O=C(Cn1ncc(=O)c2ccccc21)N1CCC[C@@H]1Cn1cccn1. The number of carbonyl (C=O) groups excluding carboxylic acids is 1. The first-order valence-electron chi connectivity index (χ1n) is 8.44. The van der Waals surface area contributed by atoms with Gasteiger partial charge >= 0.3 is 0 Å². The van der Waals surface area contributed by atoms with E-state index in [0.717, 1.165) is 19.4 Å². The molecule has 3 aromatic rings. The van der Waals surface area contributed by atoms with Crippen molar-refractivity contribution in [2.45, 2.75) is 32.0 Å². The van der Waals surface area contributed by atoms with Gasteiger partial charge in [-0.15, -0.1) is 0 Å². The second kappa shape index (κ2) is 6.51. The summed E-state index contributed by atoms with van der Waals surface area (Å²) in [6, 6.07) is 9.28. The van der Waals surface area contributed by atoms with Gasteiger partial charge in [-0.3, -0.25) is 19.0 Å². The Balaban J connectivity index is 1.55. The van der Waals surface area contributed by atoms with Crippen LogP contribution < -0.4 is 5.43 Å². The fourth-order valence-electron chi connectivity index (χ4n) is 3.48. The van der Waals surface area contributed by atoms with Gasteiger partial charge in [-0.25, -0.2) is 0 Å². The fraction of sp³-hybridized carbons (Fsp3) is 0.333. The van der Waals surface area contributed by atoms with E-state index >= 15 is 0 Å². The van der Waals surface area contributed by atoms with E-state index in [4.69, 9.17) is 0 Å². The highest BCUT2D eigenvalue weighted by molar-refractivity contribution is 5.81. The van der Waals surface area contributed by atoms with Crippen LogP contribution in [0.25, 0.3) is 10.9 Å². The summed E-state index contributed by atoms with van der Waals surface area (Å²) in [6.45, 7) is 1.59. The number of para-hydroxylation sites is 1. The molecule has 1 aliphatic rings. The summed E-state index contributed by atoms with van der Waals surface area (Å²) in [7, 11) is 0. The van der Waals surface area contributed by atoms with E-state index in [1.807, 2.05) is 40.0 Å². The Labute approximate surface area is 144 Å². The predicted octanol–water partition coefficient (Wildman–Crippen LogP) is 1.28. The molecule has 25 heavy (non-hydrogen) atoms. The Morgan fingerprint density at radius 2 is 2.08 bits per heavy atom. The molecule has 1 aromatic carbocycles. The molecule has 0 unspecified atom stereocenters. The molecule has 1 fully saturated rings. The quantitative estimate of drug-likeness (QED) is 0.719. The standard InChI is InChI=1S/C18H19N5O2/c24-17-11-20-23(16-7-2-1-6-15(16)17)13-18(25)22-10-3-5-14(22)12-21-9-4-8-19-21/h1-2,4,6-9,11,14H,3,5,10,12-13H2/t14-/m1/s1. The smallest absolute Gasteiger partial charge is 0.244 e. The first kappa shape index (κ1) is 15.6. The lowest BCUT2D eigenvalue weighted by Gasteiger charge is -2.25. The molecule has 128 valence electrons. The number of amides is 1. The van der Waals surface area contributed by atoms with E-state index in [1.165, 1.54) is 6.20 Å². The summed E-state index contributed by atoms with van der Waals surface area (Å²) in [6.07, 6.45) is 6.91. The Morgan fingerprint density at radius 1 is 1.20 bits per heavy atom. The second-order valence-electron chi connectivity index (χ2n) is 6.29. The zero-order valence-electron chi connectivity index (χ0n) is 13.8. The van der Waals surface area contributed by atoms with Crippen molar-refractivity contribution in [3.63, 3.8) is 0 Å². The molecule has 0 N–H and O–H groups in total. The molecule has 1 aliphatic heterocycles. The average Bonchev–Trinajstić information content (AvgIpc) is 3.30. The highest BCUT2D eigenvalue weighted by Gasteiger charge is 2.29. The molecule has 1 saturated heterocycles. The van der Waals surface area contributed by atoms with Crippen LogP contribution in [-0.2, 0) is 17.9 Å². The lowest BCUT2D eigenvalue weighted by molar-refractivity contribution is -0.133. The number of aromatic nitrogens is 4. The zero-order valence-corrected chi connectivity index (χ0v) is 13.8. The van der Waals surface area contributed by atoms with Gasteiger partial charge in [0.2, 0.25) is 11.3 Å². The van der Waals surface area contributed by atoms with Gasteiger partial charge in [0, 0.05) is 24.3 Å². The van der Waals surface area contributed by atoms with Gasteiger partial charge in [0.15, 0.2) is 0 Å². The van der Waals surface area contributed by atoms with Crippen molar-refractivity contribution in [2.24, 2.45) is 0 Å². The third kappa shape index (κ3) is 3.05. The van der Waals surface area contributed by atoms with Gasteiger partial charge in [-0.1, -0.05) is 12.1 Å². The summed E-state index contributed by atoms with van der Waals surface area (Å²) in [5.74, 6) is 0.0240. The highest BCUT2D eigenvalue weighted by Crippen LogP contribution is 2.19. The van der Waals surface area contributed by atoms with Gasteiger partial charge in [0.25, 0.3) is 0 Å². The maximum Gasteiger partial charge on any atom is 0.244 e. The summed E-state index contributed by atoms with van der Waals surface area (Å²) in [5.41, 5.74) is 0.559. The normalized spacial score (nSPS) is 17.3. The minimum absolute atomic E-state index is 0.0240. The van der Waals surface area contributed by atoms with Crippen molar-refractivity contribution in [1.82, 2.24) is 24.5 Å². The zero-order chi connectivity index (χ0) is 17.2. The minimum atomic E-state index is -0.128. The van der Waals surface area contributed by atoms with Gasteiger partial charge < -0.3 is 4.90 Å². The number of carbonyl (C=O) groups is 1. The number of likely N-dealkylation sites (tertiary alicyclic amines) is 1. The van der Waals surface area contributed by atoms with Gasteiger partial charge in [-0.05, 0) is 31.0 Å². The molecule has 1 amide bonds. The molecule has 0 spiro atoms. The van der Waals surface area contributed by atoms with Crippen LogP contribution in [0.4, 0.5) is 0 Å².